The third-order valence-corrected chi connectivity index (χ3v) is 5.50. The van der Waals surface area contributed by atoms with E-state index in [0.29, 0.717) is 17.7 Å². The minimum absolute atomic E-state index is 0.100. The van der Waals surface area contributed by atoms with Crippen LogP contribution in [0.2, 0.25) is 0 Å². The highest BCUT2D eigenvalue weighted by Gasteiger charge is 2.35. The van der Waals surface area contributed by atoms with Crippen molar-refractivity contribution < 1.29 is 35.9 Å². The largest absolute Gasteiger partial charge is 0.416 e. The molecule has 176 valence electrons. The third kappa shape index (κ3) is 4.35. The summed E-state index contributed by atoms with van der Waals surface area (Å²) < 4.78 is 80.0. The van der Waals surface area contributed by atoms with Gasteiger partial charge in [-0.05, 0) is 48.4 Å². The molecule has 0 aliphatic carbocycles. The van der Waals surface area contributed by atoms with Crippen LogP contribution in [0.1, 0.15) is 61.0 Å². The van der Waals surface area contributed by atoms with Crippen molar-refractivity contribution in [2.24, 2.45) is 0 Å². The second kappa shape index (κ2) is 8.51. The molecule has 1 heterocycles. The molecule has 0 bridgehead atoms. The van der Waals surface area contributed by atoms with Gasteiger partial charge in [-0.2, -0.15) is 13.2 Å². The molecule has 10 heteroatoms. The Balaban J connectivity index is 1.82. The van der Waals surface area contributed by atoms with Crippen LogP contribution < -0.4 is 10.6 Å². The normalized spacial score (nSPS) is 15.3. The van der Waals surface area contributed by atoms with Gasteiger partial charge in [0.1, 0.15) is 5.82 Å². The average molecular weight is 478 g/mol. The molecule has 1 aliphatic heterocycles. The second-order valence-electron chi connectivity index (χ2n) is 7.77. The van der Waals surface area contributed by atoms with Crippen molar-refractivity contribution in [1.82, 2.24) is 5.32 Å². The van der Waals surface area contributed by atoms with E-state index in [2.05, 4.69) is 10.6 Å². The smallest absolute Gasteiger partial charge is 0.341 e. The number of anilines is 1. The van der Waals surface area contributed by atoms with E-state index >= 15 is 0 Å². The van der Waals surface area contributed by atoms with Gasteiger partial charge in [0.05, 0.1) is 11.6 Å². The summed E-state index contributed by atoms with van der Waals surface area (Å²) in [4.78, 5) is 25.4. The molecule has 0 radical (unpaired) electrons. The molecule has 3 aromatic carbocycles. The third-order valence-electron chi connectivity index (χ3n) is 5.50. The number of rotatable bonds is 4. The first-order chi connectivity index (χ1) is 16.0. The zero-order valence-electron chi connectivity index (χ0n) is 17.4. The monoisotopic (exact) mass is 478 g/mol. The number of amides is 2. The number of alkyl halides is 5. The summed E-state index contributed by atoms with van der Waals surface area (Å²) in [5.74, 6) is -3.09. The Morgan fingerprint density at radius 3 is 2.41 bits per heavy atom. The minimum Gasteiger partial charge on any atom is -0.341 e. The van der Waals surface area contributed by atoms with Crippen molar-refractivity contribution in [2.75, 3.05) is 5.32 Å². The highest BCUT2D eigenvalue weighted by Crippen LogP contribution is 2.40. The maximum Gasteiger partial charge on any atom is 0.416 e. The molecule has 1 aliphatic rings. The highest BCUT2D eigenvalue weighted by atomic mass is 19.4. The summed E-state index contributed by atoms with van der Waals surface area (Å²) in [5.41, 5.74) is -1.30. The van der Waals surface area contributed by atoms with Gasteiger partial charge < -0.3 is 10.6 Å². The van der Waals surface area contributed by atoms with Gasteiger partial charge in [0, 0.05) is 27.9 Å². The number of carbonyl (C=O) groups is 2. The number of halogens is 6. The number of hydrogen-bond donors (Lipinski definition) is 2. The fraction of sp³-hybridized carbons (Fsp3) is 0.167. The number of carbonyl (C=O) groups excluding carboxylic acids is 2. The van der Waals surface area contributed by atoms with Gasteiger partial charge in [-0.15, -0.1) is 0 Å². The van der Waals surface area contributed by atoms with Crippen LogP contribution in [0.3, 0.4) is 0 Å². The fourth-order valence-electron chi connectivity index (χ4n) is 3.91. The molecule has 2 N–H and O–H groups in total. The zero-order valence-corrected chi connectivity index (χ0v) is 17.4. The van der Waals surface area contributed by atoms with Crippen molar-refractivity contribution in [3.63, 3.8) is 0 Å². The molecule has 4 nitrogen and oxygen atoms in total. The molecule has 34 heavy (non-hydrogen) atoms. The Labute approximate surface area is 189 Å². The molecule has 4 rings (SSSR count). The quantitative estimate of drug-likeness (QED) is 0.441. The Morgan fingerprint density at radius 1 is 1.06 bits per heavy atom. The summed E-state index contributed by atoms with van der Waals surface area (Å²) >= 11 is 0. The Hall–Kier alpha value is -3.82. The number of aryl methyl sites for hydroxylation is 1. The van der Waals surface area contributed by atoms with E-state index in [-0.39, 0.29) is 22.9 Å². The summed E-state index contributed by atoms with van der Waals surface area (Å²) in [5, 5.41) is 4.99. The number of benzene rings is 3. The van der Waals surface area contributed by atoms with Crippen LogP contribution >= 0.6 is 0 Å². The molecule has 1 atom stereocenters. The van der Waals surface area contributed by atoms with E-state index in [9.17, 15) is 35.9 Å². The lowest BCUT2D eigenvalue weighted by molar-refractivity contribution is -0.137. The second-order valence-corrected chi connectivity index (χ2v) is 7.77. The summed E-state index contributed by atoms with van der Waals surface area (Å²) in [7, 11) is 0. The first-order valence-electron chi connectivity index (χ1n) is 9.97. The van der Waals surface area contributed by atoms with Crippen LogP contribution in [0.5, 0.6) is 0 Å². The van der Waals surface area contributed by atoms with Gasteiger partial charge in [-0.3, -0.25) is 9.59 Å². The molecule has 0 fully saturated rings. The highest BCUT2D eigenvalue weighted by molar-refractivity contribution is 6.08. The van der Waals surface area contributed by atoms with Gasteiger partial charge in [0.25, 0.3) is 18.2 Å². The standard InChI is InChI=1S/C24H16F6N2O2/c1-11-4-2-3-5-16(11)20-19-17(23(34)32-20)8-12(21(26)27)9-18(19)31-22(33)13-6-14(24(28,29)30)10-15(25)7-13/h2-10,20-21H,1H3,(H,31,33)(H,32,34). The SMILES string of the molecule is Cc1ccccc1C1NC(=O)c2cc(C(F)F)cc(NC(=O)c3cc(F)cc(C(F)(F)F)c3)c21. The van der Waals surface area contributed by atoms with E-state index in [1.54, 1.807) is 31.2 Å². The summed E-state index contributed by atoms with van der Waals surface area (Å²) in [6.45, 7) is 1.77. The predicted octanol–water partition coefficient (Wildman–Crippen LogP) is 6.18. The van der Waals surface area contributed by atoms with E-state index in [4.69, 9.17) is 0 Å². The summed E-state index contributed by atoms with van der Waals surface area (Å²) in [6, 6.07) is 9.42. The van der Waals surface area contributed by atoms with Crippen molar-refractivity contribution in [3.05, 3.63) is 99.4 Å². The molecule has 0 saturated heterocycles. The van der Waals surface area contributed by atoms with E-state index in [1.165, 1.54) is 0 Å². The van der Waals surface area contributed by atoms with Crippen LogP contribution in [0.25, 0.3) is 0 Å². The molecule has 2 amide bonds. The first kappa shape index (κ1) is 23.3. The Bertz CT molecular complexity index is 1300. The van der Waals surface area contributed by atoms with Crippen molar-refractivity contribution in [3.8, 4) is 0 Å². The summed E-state index contributed by atoms with van der Waals surface area (Å²) in [6.07, 6.45) is -7.89. The van der Waals surface area contributed by atoms with Crippen molar-refractivity contribution in [1.29, 1.82) is 0 Å². The Kier molecular flexibility index (Phi) is 5.84. The van der Waals surface area contributed by atoms with Crippen LogP contribution in [0.15, 0.2) is 54.6 Å². The van der Waals surface area contributed by atoms with Crippen LogP contribution in [0, 0.1) is 12.7 Å². The van der Waals surface area contributed by atoms with Crippen molar-refractivity contribution in [2.45, 2.75) is 25.6 Å². The molecule has 0 aromatic heterocycles. The van der Waals surface area contributed by atoms with Gasteiger partial charge in [-0.1, -0.05) is 24.3 Å². The Morgan fingerprint density at radius 2 is 1.76 bits per heavy atom. The van der Waals surface area contributed by atoms with E-state index in [0.717, 1.165) is 17.7 Å². The molecular weight excluding hydrogens is 462 g/mol. The van der Waals surface area contributed by atoms with Crippen LogP contribution in [-0.4, -0.2) is 11.8 Å². The number of hydrogen-bond acceptors (Lipinski definition) is 2. The fourth-order valence-corrected chi connectivity index (χ4v) is 3.91. The molecular formula is C24H16F6N2O2. The van der Waals surface area contributed by atoms with E-state index in [1.807, 2.05) is 0 Å². The number of fused-ring (bicyclic) bond motifs is 1. The minimum atomic E-state index is -4.90. The number of nitrogens with one attached hydrogen (secondary N) is 2. The lowest BCUT2D eigenvalue weighted by Gasteiger charge is -2.19. The molecule has 0 saturated carbocycles. The molecule has 3 aromatic rings. The average Bonchev–Trinajstić information content (AvgIpc) is 3.09. The topological polar surface area (TPSA) is 58.2 Å². The van der Waals surface area contributed by atoms with Crippen LogP contribution in [0.4, 0.5) is 32.0 Å². The molecule has 1 unspecified atom stereocenters. The maximum absolute atomic E-state index is 13.8. The first-order valence-corrected chi connectivity index (χ1v) is 9.97. The van der Waals surface area contributed by atoms with Gasteiger partial charge >= 0.3 is 6.18 Å². The molecule has 0 spiro atoms. The van der Waals surface area contributed by atoms with Crippen molar-refractivity contribution >= 4 is 17.5 Å². The maximum atomic E-state index is 13.8. The predicted molar refractivity (Wildman–Crippen MR) is 111 cm³/mol. The lowest BCUT2D eigenvalue weighted by Crippen LogP contribution is -2.21. The van der Waals surface area contributed by atoms with Crippen LogP contribution in [-0.2, 0) is 6.18 Å². The van der Waals surface area contributed by atoms with Gasteiger partial charge in [-0.25, -0.2) is 13.2 Å². The van der Waals surface area contributed by atoms with Gasteiger partial charge in [0.15, 0.2) is 0 Å². The lowest BCUT2D eigenvalue weighted by atomic mass is 9.92. The van der Waals surface area contributed by atoms with E-state index < -0.39 is 53.0 Å². The zero-order chi connectivity index (χ0) is 24.8. The van der Waals surface area contributed by atoms with Gasteiger partial charge in [0.2, 0.25) is 0 Å².